The van der Waals surface area contributed by atoms with Gasteiger partial charge in [0.1, 0.15) is 17.5 Å². The number of nitrogens with zero attached hydrogens (tertiary/aromatic N) is 1. The maximum atomic E-state index is 13.1. The first-order valence-electron chi connectivity index (χ1n) is 7.62. The normalized spacial score (nSPS) is 10.4. The Bertz CT molecular complexity index is 735. The first-order chi connectivity index (χ1) is 11.7. The second kappa shape index (κ2) is 7.55. The van der Waals surface area contributed by atoms with Crippen LogP contribution in [-0.2, 0) is 13.1 Å². The quantitative estimate of drug-likeness (QED) is 0.696. The minimum absolute atomic E-state index is 0.246. The molecule has 1 aromatic heterocycles. The molecule has 2 N–H and O–H groups in total. The van der Waals surface area contributed by atoms with Gasteiger partial charge in [-0.05, 0) is 47.5 Å². The van der Waals surface area contributed by atoms with Crippen LogP contribution in [0.15, 0.2) is 66.9 Å². The highest BCUT2D eigenvalue weighted by Crippen LogP contribution is 2.13. The molecule has 0 radical (unpaired) electrons. The van der Waals surface area contributed by atoms with Crippen molar-refractivity contribution in [3.63, 3.8) is 0 Å². The molecule has 0 aliphatic carbocycles. The molecule has 0 unspecified atom stereocenters. The molecule has 3 aromatic rings. The van der Waals surface area contributed by atoms with Gasteiger partial charge in [-0.3, -0.25) is 0 Å². The Morgan fingerprint density at radius 1 is 0.750 bits per heavy atom. The molecule has 3 rings (SSSR count). The highest BCUT2D eigenvalue weighted by molar-refractivity contribution is 5.47. The van der Waals surface area contributed by atoms with Crippen molar-refractivity contribution in [1.29, 1.82) is 0 Å². The molecule has 0 amide bonds. The molecule has 0 bridgehead atoms. The van der Waals surface area contributed by atoms with E-state index in [1.165, 1.54) is 24.3 Å². The lowest BCUT2D eigenvalue weighted by Crippen LogP contribution is -2.03. The maximum Gasteiger partial charge on any atom is 0.126 e. The molecule has 0 aliphatic rings. The van der Waals surface area contributed by atoms with Crippen molar-refractivity contribution in [3.05, 3.63) is 89.6 Å². The molecule has 0 saturated carbocycles. The summed E-state index contributed by atoms with van der Waals surface area (Å²) in [5.41, 5.74) is 2.56. The van der Waals surface area contributed by atoms with Crippen molar-refractivity contribution >= 4 is 11.5 Å². The minimum atomic E-state index is -0.251. The van der Waals surface area contributed by atoms with Gasteiger partial charge in [-0.1, -0.05) is 24.3 Å². The maximum absolute atomic E-state index is 13.1. The number of aromatic nitrogens is 1. The molecular formula is C19H17F2N3. The number of hydrogen-bond acceptors (Lipinski definition) is 3. The van der Waals surface area contributed by atoms with Gasteiger partial charge in [-0.15, -0.1) is 0 Å². The van der Waals surface area contributed by atoms with Crippen LogP contribution in [-0.4, -0.2) is 4.98 Å². The van der Waals surface area contributed by atoms with Crippen LogP contribution in [0.5, 0.6) is 0 Å². The van der Waals surface area contributed by atoms with Crippen LogP contribution >= 0.6 is 0 Å². The van der Waals surface area contributed by atoms with Crippen LogP contribution in [0, 0.1) is 11.6 Å². The number of anilines is 2. The standard InChI is InChI=1S/C19H17F2N3/c20-16-5-1-3-14(9-16)11-22-18-7-8-19(24-13-18)23-12-15-4-2-6-17(21)10-15/h1-10,13,22H,11-12H2,(H,23,24). The van der Waals surface area contributed by atoms with Crippen LogP contribution in [0.4, 0.5) is 20.3 Å². The molecule has 5 heteroatoms. The molecule has 122 valence electrons. The zero-order valence-corrected chi connectivity index (χ0v) is 13.0. The SMILES string of the molecule is Fc1cccc(CNc2ccc(NCc3cccc(F)c3)nc2)c1. The van der Waals surface area contributed by atoms with Crippen molar-refractivity contribution in [2.75, 3.05) is 10.6 Å². The Morgan fingerprint density at radius 2 is 1.38 bits per heavy atom. The van der Waals surface area contributed by atoms with Gasteiger partial charge in [0.15, 0.2) is 0 Å². The van der Waals surface area contributed by atoms with Gasteiger partial charge in [-0.25, -0.2) is 13.8 Å². The van der Waals surface area contributed by atoms with Crippen molar-refractivity contribution in [3.8, 4) is 0 Å². The van der Waals surface area contributed by atoms with E-state index in [0.29, 0.717) is 18.9 Å². The number of benzene rings is 2. The van der Waals surface area contributed by atoms with E-state index in [2.05, 4.69) is 15.6 Å². The summed E-state index contributed by atoms with van der Waals surface area (Å²) in [6.45, 7) is 1.02. The minimum Gasteiger partial charge on any atom is -0.380 e. The van der Waals surface area contributed by atoms with Gasteiger partial charge < -0.3 is 10.6 Å². The van der Waals surface area contributed by atoms with Crippen molar-refractivity contribution in [2.45, 2.75) is 13.1 Å². The summed E-state index contributed by atoms with van der Waals surface area (Å²) in [5.74, 6) is 0.207. The molecule has 3 nitrogen and oxygen atoms in total. The molecule has 0 atom stereocenters. The van der Waals surface area contributed by atoms with Crippen LogP contribution in [0.25, 0.3) is 0 Å². The summed E-state index contributed by atoms with van der Waals surface area (Å²) in [7, 11) is 0. The summed E-state index contributed by atoms with van der Waals surface area (Å²) in [6, 6.07) is 16.6. The van der Waals surface area contributed by atoms with E-state index in [9.17, 15) is 8.78 Å². The number of halogens is 2. The summed E-state index contributed by atoms with van der Waals surface area (Å²) in [5, 5.41) is 6.33. The van der Waals surface area contributed by atoms with E-state index in [-0.39, 0.29) is 11.6 Å². The number of nitrogens with one attached hydrogen (secondary N) is 2. The largest absolute Gasteiger partial charge is 0.380 e. The fourth-order valence-electron chi connectivity index (χ4n) is 2.29. The molecule has 2 aromatic carbocycles. The number of pyridine rings is 1. The monoisotopic (exact) mass is 325 g/mol. The summed E-state index contributed by atoms with van der Waals surface area (Å²) in [4.78, 5) is 4.30. The lowest BCUT2D eigenvalue weighted by molar-refractivity contribution is 0.625. The fraction of sp³-hybridized carbons (Fsp3) is 0.105. The van der Waals surface area contributed by atoms with Gasteiger partial charge in [-0.2, -0.15) is 0 Å². The highest BCUT2D eigenvalue weighted by Gasteiger charge is 1.99. The van der Waals surface area contributed by atoms with Crippen molar-refractivity contribution < 1.29 is 8.78 Å². The highest BCUT2D eigenvalue weighted by atomic mass is 19.1. The first-order valence-corrected chi connectivity index (χ1v) is 7.62. The molecule has 0 aliphatic heterocycles. The lowest BCUT2D eigenvalue weighted by Gasteiger charge is -2.09. The van der Waals surface area contributed by atoms with E-state index in [4.69, 9.17) is 0 Å². The number of hydrogen-bond donors (Lipinski definition) is 2. The molecule has 0 fully saturated rings. The molecule has 24 heavy (non-hydrogen) atoms. The van der Waals surface area contributed by atoms with Gasteiger partial charge in [0, 0.05) is 13.1 Å². The molecule has 0 saturated heterocycles. The zero-order chi connectivity index (χ0) is 16.8. The average molecular weight is 325 g/mol. The Labute approximate surface area is 139 Å². The first kappa shape index (κ1) is 15.9. The van der Waals surface area contributed by atoms with E-state index in [1.54, 1.807) is 18.3 Å². The Morgan fingerprint density at radius 3 is 1.92 bits per heavy atom. The van der Waals surface area contributed by atoms with Crippen molar-refractivity contribution in [2.24, 2.45) is 0 Å². The summed E-state index contributed by atoms with van der Waals surface area (Å²) in [6.07, 6.45) is 1.70. The Kier molecular flexibility index (Phi) is 5.01. The summed E-state index contributed by atoms with van der Waals surface area (Å²) >= 11 is 0. The van der Waals surface area contributed by atoms with Crippen LogP contribution < -0.4 is 10.6 Å². The third-order valence-electron chi connectivity index (χ3n) is 3.51. The van der Waals surface area contributed by atoms with E-state index in [0.717, 1.165) is 16.8 Å². The molecule has 0 spiro atoms. The Balaban J connectivity index is 1.53. The number of rotatable bonds is 6. The lowest BCUT2D eigenvalue weighted by atomic mass is 10.2. The van der Waals surface area contributed by atoms with Crippen LogP contribution in [0.1, 0.15) is 11.1 Å². The predicted molar refractivity (Wildman–Crippen MR) is 91.7 cm³/mol. The molecular weight excluding hydrogens is 308 g/mol. The van der Waals surface area contributed by atoms with Crippen LogP contribution in [0.3, 0.4) is 0 Å². The topological polar surface area (TPSA) is 37.0 Å². The van der Waals surface area contributed by atoms with Gasteiger partial charge in [0.25, 0.3) is 0 Å². The van der Waals surface area contributed by atoms with Gasteiger partial charge in [0.2, 0.25) is 0 Å². The summed E-state index contributed by atoms with van der Waals surface area (Å²) < 4.78 is 26.2. The second-order valence-electron chi connectivity index (χ2n) is 5.40. The van der Waals surface area contributed by atoms with Gasteiger partial charge in [0.05, 0.1) is 11.9 Å². The van der Waals surface area contributed by atoms with E-state index >= 15 is 0 Å². The third-order valence-corrected chi connectivity index (χ3v) is 3.51. The fourth-order valence-corrected chi connectivity index (χ4v) is 2.29. The average Bonchev–Trinajstić information content (AvgIpc) is 2.59. The van der Waals surface area contributed by atoms with E-state index < -0.39 is 0 Å². The van der Waals surface area contributed by atoms with E-state index in [1.807, 2.05) is 24.3 Å². The molecule has 1 heterocycles. The van der Waals surface area contributed by atoms with Crippen LogP contribution in [0.2, 0.25) is 0 Å². The smallest absolute Gasteiger partial charge is 0.126 e. The second-order valence-corrected chi connectivity index (χ2v) is 5.40. The third kappa shape index (κ3) is 4.52. The predicted octanol–water partition coefficient (Wildman–Crippen LogP) is 4.58. The zero-order valence-electron chi connectivity index (χ0n) is 13.0. The van der Waals surface area contributed by atoms with Gasteiger partial charge >= 0.3 is 0 Å². The van der Waals surface area contributed by atoms with Crippen molar-refractivity contribution in [1.82, 2.24) is 4.98 Å². The Hall–Kier alpha value is -2.95.